The minimum Gasteiger partial charge on any atom is -0.338 e. The number of thioether (sulfide) groups is 1. The molecule has 0 saturated carbocycles. The van der Waals surface area contributed by atoms with Gasteiger partial charge >= 0.3 is 0 Å². The molecule has 0 N–H and O–H groups in total. The average molecular weight is 412 g/mol. The first-order valence-corrected chi connectivity index (χ1v) is 11.9. The van der Waals surface area contributed by atoms with Crippen molar-refractivity contribution in [3.05, 3.63) is 17.5 Å². The Morgan fingerprint density at radius 3 is 2.81 bits per heavy atom. The average Bonchev–Trinajstić information content (AvgIpc) is 3.16. The maximum Gasteiger partial charge on any atom is 0.253 e. The first kappa shape index (κ1) is 20.1. The van der Waals surface area contributed by atoms with Crippen LogP contribution in [0.2, 0.25) is 0 Å². The smallest absolute Gasteiger partial charge is 0.253 e. The molecule has 2 aromatic heterocycles. The fourth-order valence-corrected chi connectivity index (χ4v) is 5.71. The van der Waals surface area contributed by atoms with Crippen molar-refractivity contribution in [2.45, 2.75) is 51.2 Å². The Morgan fingerprint density at radius 1 is 1.37 bits per heavy atom. The molecule has 10 heteroatoms. The van der Waals surface area contributed by atoms with Crippen LogP contribution in [0.5, 0.6) is 0 Å². The Labute approximate surface area is 163 Å². The second-order valence-corrected chi connectivity index (χ2v) is 10.1. The number of nitrogens with zero attached hydrogens (tertiary/aromatic N) is 5. The lowest BCUT2D eigenvalue weighted by Crippen LogP contribution is -2.42. The second kappa shape index (κ2) is 8.14. The van der Waals surface area contributed by atoms with E-state index < -0.39 is 9.84 Å². The van der Waals surface area contributed by atoms with E-state index in [0.29, 0.717) is 23.9 Å². The van der Waals surface area contributed by atoms with Crippen molar-refractivity contribution in [3.8, 4) is 0 Å². The van der Waals surface area contributed by atoms with Gasteiger partial charge in [-0.15, -0.1) is 5.10 Å². The van der Waals surface area contributed by atoms with Gasteiger partial charge in [0.25, 0.3) is 5.78 Å². The summed E-state index contributed by atoms with van der Waals surface area (Å²) in [5, 5.41) is 4.91. The maximum atomic E-state index is 12.8. The van der Waals surface area contributed by atoms with E-state index in [-0.39, 0.29) is 29.2 Å². The molecular weight excluding hydrogens is 386 g/mol. The number of hydrogen-bond acceptors (Lipinski definition) is 7. The van der Waals surface area contributed by atoms with E-state index in [2.05, 4.69) is 22.0 Å². The number of rotatable bonds is 7. The molecule has 3 heterocycles. The summed E-state index contributed by atoms with van der Waals surface area (Å²) in [6.07, 6.45) is 2.34. The molecule has 1 saturated heterocycles. The summed E-state index contributed by atoms with van der Waals surface area (Å²) in [7, 11) is -3.03. The quantitative estimate of drug-likeness (QED) is 0.639. The fraction of sp³-hybridized carbons (Fsp3) is 0.647. The van der Waals surface area contributed by atoms with Crippen LogP contribution in [0.25, 0.3) is 5.78 Å². The van der Waals surface area contributed by atoms with E-state index in [1.54, 1.807) is 9.42 Å². The molecule has 27 heavy (non-hydrogen) atoms. The van der Waals surface area contributed by atoms with Crippen LogP contribution in [0.1, 0.15) is 37.6 Å². The second-order valence-electron chi connectivity index (χ2n) is 6.93. The summed E-state index contributed by atoms with van der Waals surface area (Å²) >= 11 is 1.27. The first-order chi connectivity index (χ1) is 12.8. The van der Waals surface area contributed by atoms with Crippen LogP contribution in [0.4, 0.5) is 0 Å². The molecule has 8 nitrogen and oxygen atoms in total. The molecule has 1 amide bonds. The van der Waals surface area contributed by atoms with Crippen LogP contribution in [0, 0.1) is 13.8 Å². The largest absolute Gasteiger partial charge is 0.338 e. The molecule has 0 radical (unpaired) electrons. The zero-order chi connectivity index (χ0) is 19.6. The summed E-state index contributed by atoms with van der Waals surface area (Å²) in [4.78, 5) is 23.3. The Morgan fingerprint density at radius 2 is 2.15 bits per heavy atom. The third-order valence-corrected chi connectivity index (χ3v) is 7.22. The number of carbonyl (C=O) groups is 1. The van der Waals surface area contributed by atoms with Gasteiger partial charge in [-0.2, -0.15) is 4.98 Å². The molecule has 3 rings (SSSR count). The standard InChI is InChI=1S/C17H25N5O3S2/c1-4-5-7-21(14-6-8-27(24,25)11-14)15(23)10-26-17-19-16-18-12(2)9-13(3)22(16)20-17/h9,14H,4-8,10-11H2,1-3H3. The lowest BCUT2D eigenvalue weighted by atomic mass is 10.2. The molecule has 0 aliphatic carbocycles. The minimum absolute atomic E-state index is 0.0599. The number of amides is 1. The van der Waals surface area contributed by atoms with Gasteiger partial charge in [0.15, 0.2) is 9.84 Å². The molecule has 0 spiro atoms. The number of carbonyl (C=O) groups excluding carboxylic acids is 1. The highest BCUT2D eigenvalue weighted by atomic mass is 32.2. The van der Waals surface area contributed by atoms with Gasteiger partial charge in [-0.05, 0) is 32.8 Å². The molecule has 1 unspecified atom stereocenters. The molecular formula is C17H25N5O3S2. The van der Waals surface area contributed by atoms with Gasteiger partial charge in [0.1, 0.15) is 0 Å². The third kappa shape index (κ3) is 4.78. The monoisotopic (exact) mass is 411 g/mol. The summed E-state index contributed by atoms with van der Waals surface area (Å²) in [5.41, 5.74) is 1.80. The lowest BCUT2D eigenvalue weighted by molar-refractivity contribution is -0.130. The van der Waals surface area contributed by atoms with Gasteiger partial charge in [0.05, 0.1) is 17.3 Å². The van der Waals surface area contributed by atoms with Crippen molar-refractivity contribution >= 4 is 33.3 Å². The van der Waals surface area contributed by atoms with E-state index in [4.69, 9.17) is 0 Å². The van der Waals surface area contributed by atoms with Crippen LogP contribution in [-0.4, -0.2) is 68.7 Å². The number of unbranched alkanes of at least 4 members (excludes halogenated alkanes) is 1. The normalized spacial score (nSPS) is 18.9. The summed E-state index contributed by atoms with van der Waals surface area (Å²) in [5.74, 6) is 0.887. The number of aromatic nitrogens is 4. The molecule has 1 fully saturated rings. The molecule has 1 aliphatic rings. The van der Waals surface area contributed by atoms with Crippen molar-refractivity contribution in [1.82, 2.24) is 24.5 Å². The van der Waals surface area contributed by atoms with E-state index in [9.17, 15) is 13.2 Å². The van der Waals surface area contributed by atoms with E-state index in [0.717, 1.165) is 24.2 Å². The van der Waals surface area contributed by atoms with Crippen LogP contribution in [0.3, 0.4) is 0 Å². The van der Waals surface area contributed by atoms with Gasteiger partial charge in [-0.1, -0.05) is 25.1 Å². The van der Waals surface area contributed by atoms with Gasteiger partial charge in [-0.25, -0.2) is 17.9 Å². The van der Waals surface area contributed by atoms with Gasteiger partial charge in [0.2, 0.25) is 11.1 Å². The number of hydrogen-bond donors (Lipinski definition) is 0. The van der Waals surface area contributed by atoms with E-state index in [1.165, 1.54) is 11.8 Å². The Hall–Kier alpha value is -1.68. The van der Waals surface area contributed by atoms with Crippen LogP contribution in [-0.2, 0) is 14.6 Å². The fourth-order valence-electron chi connectivity index (χ4n) is 3.28. The number of sulfone groups is 1. The van der Waals surface area contributed by atoms with Crippen molar-refractivity contribution < 1.29 is 13.2 Å². The highest BCUT2D eigenvalue weighted by molar-refractivity contribution is 7.99. The molecule has 0 aromatic carbocycles. The van der Waals surface area contributed by atoms with E-state index in [1.807, 2.05) is 19.9 Å². The van der Waals surface area contributed by atoms with Gasteiger partial charge in [-0.3, -0.25) is 4.79 Å². The minimum atomic E-state index is -3.03. The molecule has 0 bridgehead atoms. The summed E-state index contributed by atoms with van der Waals surface area (Å²) in [6.45, 7) is 6.48. The van der Waals surface area contributed by atoms with Crippen molar-refractivity contribution in [1.29, 1.82) is 0 Å². The zero-order valence-corrected chi connectivity index (χ0v) is 17.5. The number of aryl methyl sites for hydroxylation is 2. The molecule has 148 valence electrons. The highest BCUT2D eigenvalue weighted by Crippen LogP contribution is 2.21. The third-order valence-electron chi connectivity index (χ3n) is 4.65. The SMILES string of the molecule is CCCCN(C(=O)CSc1nc2nc(C)cc(C)n2n1)C1CCS(=O)(=O)C1. The zero-order valence-electron chi connectivity index (χ0n) is 15.9. The lowest BCUT2D eigenvalue weighted by Gasteiger charge is -2.28. The Kier molecular flexibility index (Phi) is 6.05. The maximum absolute atomic E-state index is 12.8. The Bertz CT molecular complexity index is 941. The van der Waals surface area contributed by atoms with Crippen molar-refractivity contribution in [2.24, 2.45) is 0 Å². The topological polar surface area (TPSA) is 97.5 Å². The van der Waals surface area contributed by atoms with E-state index >= 15 is 0 Å². The van der Waals surface area contributed by atoms with Gasteiger partial charge in [0, 0.05) is 24.0 Å². The number of fused-ring (bicyclic) bond motifs is 1. The molecule has 1 aliphatic heterocycles. The predicted octanol–water partition coefficient (Wildman–Crippen LogP) is 1.65. The Balaban J connectivity index is 1.69. The first-order valence-electron chi connectivity index (χ1n) is 9.13. The van der Waals surface area contributed by atoms with Gasteiger partial charge < -0.3 is 4.90 Å². The van der Waals surface area contributed by atoms with Crippen molar-refractivity contribution in [2.75, 3.05) is 23.8 Å². The summed E-state index contributed by atoms with van der Waals surface area (Å²) in [6, 6.07) is 1.71. The highest BCUT2D eigenvalue weighted by Gasteiger charge is 2.34. The predicted molar refractivity (Wildman–Crippen MR) is 105 cm³/mol. The molecule has 2 aromatic rings. The molecule has 1 atom stereocenters. The van der Waals surface area contributed by atoms with Crippen LogP contribution >= 0.6 is 11.8 Å². The van der Waals surface area contributed by atoms with Crippen molar-refractivity contribution in [3.63, 3.8) is 0 Å². The van der Waals surface area contributed by atoms with Crippen LogP contribution < -0.4 is 0 Å². The summed E-state index contributed by atoms with van der Waals surface area (Å²) < 4.78 is 25.3. The van der Waals surface area contributed by atoms with Crippen LogP contribution in [0.15, 0.2) is 11.2 Å².